The van der Waals surface area contributed by atoms with Crippen molar-refractivity contribution >= 4 is 11.8 Å². The zero-order valence-corrected chi connectivity index (χ0v) is 15.2. The van der Waals surface area contributed by atoms with Crippen molar-refractivity contribution in [3.63, 3.8) is 0 Å². The van der Waals surface area contributed by atoms with Crippen LogP contribution >= 0.6 is 0 Å². The largest absolute Gasteiger partial charge is 0.296 e. The maximum absolute atomic E-state index is 13.2. The van der Waals surface area contributed by atoms with Gasteiger partial charge in [0.15, 0.2) is 0 Å². The fourth-order valence-electron chi connectivity index (χ4n) is 4.18. The summed E-state index contributed by atoms with van der Waals surface area (Å²) in [5.41, 5.74) is 2.19. The van der Waals surface area contributed by atoms with Crippen LogP contribution < -0.4 is 0 Å². The smallest absolute Gasteiger partial charge is 0.261 e. The third-order valence-electron chi connectivity index (χ3n) is 5.57. The Hall–Kier alpha value is -2.53. The van der Waals surface area contributed by atoms with Gasteiger partial charge >= 0.3 is 0 Å². The molecule has 2 aromatic carbocycles. The normalized spacial score (nSPS) is 19.7. The summed E-state index contributed by atoms with van der Waals surface area (Å²) in [5, 5.41) is 0. The Labute approximate surface area is 158 Å². The van der Waals surface area contributed by atoms with Crippen molar-refractivity contribution in [3.8, 4) is 0 Å². The van der Waals surface area contributed by atoms with Crippen LogP contribution in [0.3, 0.4) is 0 Å². The Morgan fingerprint density at radius 1 is 0.889 bits per heavy atom. The van der Waals surface area contributed by atoms with Gasteiger partial charge in [0.05, 0.1) is 11.1 Å². The molecule has 0 N–H and O–H groups in total. The lowest BCUT2D eigenvalue weighted by atomic mass is 10.0. The van der Waals surface area contributed by atoms with Crippen molar-refractivity contribution in [2.75, 3.05) is 19.6 Å². The first-order valence-corrected chi connectivity index (χ1v) is 9.60. The van der Waals surface area contributed by atoms with Crippen LogP contribution in [0.15, 0.2) is 48.5 Å². The number of rotatable bonds is 6. The second-order valence-electron chi connectivity index (χ2n) is 7.26. The summed E-state index contributed by atoms with van der Waals surface area (Å²) in [6.45, 7) is 2.42. The lowest BCUT2D eigenvalue weighted by molar-refractivity contribution is 0.0650. The van der Waals surface area contributed by atoms with Crippen molar-refractivity contribution in [2.24, 2.45) is 0 Å². The Kier molecular flexibility index (Phi) is 5.03. The number of carbonyl (C=O) groups excluding carboxylic acids is 2. The highest BCUT2D eigenvalue weighted by atomic mass is 19.1. The molecular weight excluding hydrogens is 343 g/mol. The van der Waals surface area contributed by atoms with E-state index in [1.54, 1.807) is 24.3 Å². The average Bonchev–Trinajstić information content (AvgIpc) is 3.24. The molecule has 2 aliphatic rings. The predicted molar refractivity (Wildman–Crippen MR) is 101 cm³/mol. The van der Waals surface area contributed by atoms with Crippen molar-refractivity contribution in [1.29, 1.82) is 0 Å². The van der Waals surface area contributed by atoms with E-state index in [9.17, 15) is 14.0 Å². The Morgan fingerprint density at radius 2 is 1.52 bits per heavy atom. The van der Waals surface area contributed by atoms with Crippen LogP contribution in [-0.4, -0.2) is 41.2 Å². The fourth-order valence-corrected chi connectivity index (χ4v) is 4.18. The quantitative estimate of drug-likeness (QED) is 0.572. The maximum atomic E-state index is 13.2. The van der Waals surface area contributed by atoms with E-state index >= 15 is 0 Å². The monoisotopic (exact) mass is 366 g/mol. The van der Waals surface area contributed by atoms with Gasteiger partial charge in [0.2, 0.25) is 0 Å². The highest BCUT2D eigenvalue weighted by Crippen LogP contribution is 2.32. The van der Waals surface area contributed by atoms with Gasteiger partial charge in [-0.25, -0.2) is 4.39 Å². The zero-order chi connectivity index (χ0) is 18.8. The van der Waals surface area contributed by atoms with E-state index in [0.717, 1.165) is 44.3 Å². The lowest BCUT2D eigenvalue weighted by Crippen LogP contribution is -2.31. The molecule has 4 nitrogen and oxygen atoms in total. The molecule has 2 amide bonds. The fraction of sp³-hybridized carbons (Fsp3) is 0.364. The number of hydrogen-bond acceptors (Lipinski definition) is 3. The first kappa shape index (κ1) is 17.9. The highest BCUT2D eigenvalue weighted by Gasteiger charge is 2.34. The van der Waals surface area contributed by atoms with Crippen molar-refractivity contribution in [3.05, 3.63) is 71.0 Å². The zero-order valence-electron chi connectivity index (χ0n) is 15.2. The molecule has 4 rings (SSSR count). The number of likely N-dealkylation sites (tertiary alicyclic amines) is 1. The molecule has 2 heterocycles. The van der Waals surface area contributed by atoms with E-state index in [4.69, 9.17) is 0 Å². The number of fused-ring (bicyclic) bond motifs is 1. The molecule has 0 bridgehead atoms. The molecule has 0 saturated carbocycles. The average molecular weight is 366 g/mol. The number of nitrogens with zero attached hydrogens (tertiary/aromatic N) is 2. The number of halogens is 1. The molecule has 0 radical (unpaired) electrons. The van der Waals surface area contributed by atoms with Crippen LogP contribution in [0, 0.1) is 5.82 Å². The van der Waals surface area contributed by atoms with E-state index in [1.165, 1.54) is 17.0 Å². The predicted octanol–water partition coefficient (Wildman–Crippen LogP) is 4.04. The van der Waals surface area contributed by atoms with Crippen LogP contribution in [-0.2, 0) is 0 Å². The summed E-state index contributed by atoms with van der Waals surface area (Å²) in [4.78, 5) is 28.6. The molecule has 5 heteroatoms. The minimum Gasteiger partial charge on any atom is -0.296 e. The summed E-state index contributed by atoms with van der Waals surface area (Å²) >= 11 is 0. The molecule has 1 saturated heterocycles. The van der Waals surface area contributed by atoms with Crippen molar-refractivity contribution in [2.45, 2.75) is 31.7 Å². The highest BCUT2D eigenvalue weighted by molar-refractivity contribution is 6.21. The van der Waals surface area contributed by atoms with E-state index < -0.39 is 0 Å². The third-order valence-corrected chi connectivity index (χ3v) is 5.57. The number of imide groups is 1. The van der Waals surface area contributed by atoms with Gasteiger partial charge in [-0.1, -0.05) is 24.3 Å². The Balaban J connectivity index is 1.30. The summed E-state index contributed by atoms with van der Waals surface area (Å²) in [6.07, 6.45) is 3.94. The van der Waals surface area contributed by atoms with E-state index in [2.05, 4.69) is 4.90 Å². The summed E-state index contributed by atoms with van der Waals surface area (Å²) in [6, 6.07) is 14.1. The molecule has 27 heavy (non-hydrogen) atoms. The second kappa shape index (κ2) is 7.61. The topological polar surface area (TPSA) is 40.6 Å². The van der Waals surface area contributed by atoms with E-state index in [1.807, 2.05) is 12.1 Å². The Morgan fingerprint density at radius 3 is 2.19 bits per heavy atom. The second-order valence-corrected chi connectivity index (χ2v) is 7.26. The van der Waals surface area contributed by atoms with Gasteiger partial charge in [0.25, 0.3) is 11.8 Å². The van der Waals surface area contributed by atoms with Gasteiger partial charge in [-0.2, -0.15) is 0 Å². The molecule has 2 aliphatic heterocycles. The van der Waals surface area contributed by atoms with Gasteiger partial charge in [-0.15, -0.1) is 0 Å². The number of amides is 2. The van der Waals surface area contributed by atoms with Crippen LogP contribution in [0.1, 0.15) is 58.0 Å². The van der Waals surface area contributed by atoms with Crippen molar-refractivity contribution < 1.29 is 14.0 Å². The van der Waals surface area contributed by atoms with E-state index in [-0.39, 0.29) is 17.6 Å². The molecule has 2 aromatic rings. The number of hydrogen-bond donors (Lipinski definition) is 0. The number of benzene rings is 2. The van der Waals surface area contributed by atoms with Crippen LogP contribution in [0.2, 0.25) is 0 Å². The minimum absolute atomic E-state index is 0.180. The van der Waals surface area contributed by atoms with Crippen LogP contribution in [0.4, 0.5) is 4.39 Å². The van der Waals surface area contributed by atoms with E-state index in [0.29, 0.717) is 23.7 Å². The molecule has 0 aliphatic carbocycles. The summed E-state index contributed by atoms with van der Waals surface area (Å²) in [7, 11) is 0. The summed E-state index contributed by atoms with van der Waals surface area (Å²) < 4.78 is 13.2. The van der Waals surface area contributed by atoms with Crippen LogP contribution in [0.25, 0.3) is 0 Å². The number of unbranched alkanes of at least 4 members (excludes halogenated alkanes) is 1. The molecule has 0 spiro atoms. The van der Waals surface area contributed by atoms with Gasteiger partial charge in [0, 0.05) is 12.6 Å². The molecule has 0 unspecified atom stereocenters. The summed E-state index contributed by atoms with van der Waals surface area (Å²) in [5.74, 6) is -0.564. The minimum atomic E-state index is -0.204. The first-order valence-electron chi connectivity index (χ1n) is 9.60. The van der Waals surface area contributed by atoms with Gasteiger partial charge < -0.3 is 0 Å². The SMILES string of the molecule is O=C1c2ccccc2C(=O)N1CCCCN1CCC[C@H]1c1ccc(F)cc1. The van der Waals surface area contributed by atoms with Crippen LogP contribution in [0.5, 0.6) is 0 Å². The molecule has 0 aromatic heterocycles. The standard InChI is InChI=1S/C22H23FN2O2/c23-17-11-9-16(10-12-17)20-8-5-14-24(20)13-3-4-15-25-21(26)18-6-1-2-7-19(18)22(25)27/h1-2,6-7,9-12,20H,3-5,8,13-15H2/t20-/m0/s1. The number of carbonyl (C=O) groups is 2. The lowest BCUT2D eigenvalue weighted by Gasteiger charge is -2.25. The van der Waals surface area contributed by atoms with Gasteiger partial charge in [-0.3, -0.25) is 19.4 Å². The molecule has 140 valence electrons. The first-order chi connectivity index (χ1) is 13.1. The molecular formula is C22H23FN2O2. The molecule has 1 atom stereocenters. The molecule has 1 fully saturated rings. The Bertz CT molecular complexity index is 815. The third kappa shape index (κ3) is 3.52. The van der Waals surface area contributed by atoms with Gasteiger partial charge in [0.1, 0.15) is 5.82 Å². The maximum Gasteiger partial charge on any atom is 0.261 e. The van der Waals surface area contributed by atoms with Crippen molar-refractivity contribution in [1.82, 2.24) is 9.80 Å². The van der Waals surface area contributed by atoms with Gasteiger partial charge in [-0.05, 0) is 68.6 Å².